The molecule has 14 N–H and O–H groups in total. The summed E-state index contributed by atoms with van der Waals surface area (Å²) in [5, 5.41) is 33.4. The van der Waals surface area contributed by atoms with Crippen LogP contribution in [0.5, 0.6) is 0 Å². The smallest absolute Gasteiger partial charge is 0.328 e. The highest BCUT2D eigenvalue weighted by atomic mass is 16.4. The lowest BCUT2D eigenvalue weighted by atomic mass is 10.1. The predicted molar refractivity (Wildman–Crippen MR) is 119 cm³/mol. The normalized spacial score (nSPS) is 13.9. The van der Waals surface area contributed by atoms with Crippen LogP contribution >= 0.6 is 0 Å². The van der Waals surface area contributed by atoms with E-state index < -0.39 is 79.2 Å². The van der Waals surface area contributed by atoms with Crippen molar-refractivity contribution in [2.24, 2.45) is 27.9 Å². The summed E-state index contributed by atoms with van der Waals surface area (Å²) in [4.78, 5) is 74.5. The van der Waals surface area contributed by atoms with Crippen molar-refractivity contribution in [2.75, 3.05) is 13.2 Å². The van der Waals surface area contributed by atoms with E-state index in [1.165, 1.54) is 0 Å². The third-order valence-corrected chi connectivity index (χ3v) is 4.43. The van der Waals surface area contributed by atoms with Crippen LogP contribution in [0.2, 0.25) is 0 Å². The Balaban J connectivity index is 5.40. The number of aliphatic hydroxyl groups is 1. The number of hydrogen-bond donors (Lipinski definition) is 10. The molecule has 0 aromatic rings. The third kappa shape index (κ3) is 13.3. The van der Waals surface area contributed by atoms with Crippen molar-refractivity contribution in [2.45, 2.75) is 56.3 Å². The SMILES string of the molecule is NC(=O)CCC(NC(=O)C(CC(=O)O)NC(=O)C(N)CCCN=C(N)N)C(=O)NC(CO)C(=O)O. The van der Waals surface area contributed by atoms with Gasteiger partial charge in [0, 0.05) is 13.0 Å². The second-order valence-electron chi connectivity index (χ2n) is 7.36. The number of rotatable bonds is 17. The van der Waals surface area contributed by atoms with Crippen molar-refractivity contribution >= 4 is 41.5 Å². The van der Waals surface area contributed by atoms with E-state index in [2.05, 4.69) is 15.6 Å². The lowest BCUT2D eigenvalue weighted by Gasteiger charge is -2.24. The van der Waals surface area contributed by atoms with Gasteiger partial charge in [0.15, 0.2) is 5.96 Å². The highest BCUT2D eigenvalue weighted by Crippen LogP contribution is 2.03. The second-order valence-corrected chi connectivity index (χ2v) is 7.36. The average Bonchev–Trinajstić information content (AvgIpc) is 2.75. The number of nitrogens with zero attached hydrogens (tertiary/aromatic N) is 1. The Bertz CT molecular complexity index is 816. The van der Waals surface area contributed by atoms with Gasteiger partial charge in [0.1, 0.15) is 18.1 Å². The molecule has 0 spiro atoms. The third-order valence-electron chi connectivity index (χ3n) is 4.43. The van der Waals surface area contributed by atoms with Crippen molar-refractivity contribution in [1.29, 1.82) is 0 Å². The van der Waals surface area contributed by atoms with Crippen LogP contribution in [0.3, 0.4) is 0 Å². The first-order valence-corrected chi connectivity index (χ1v) is 10.3. The van der Waals surface area contributed by atoms with Crippen LogP contribution in [0.25, 0.3) is 0 Å². The van der Waals surface area contributed by atoms with Gasteiger partial charge in [-0.25, -0.2) is 4.79 Å². The summed E-state index contributed by atoms with van der Waals surface area (Å²) < 4.78 is 0. The van der Waals surface area contributed by atoms with Crippen LogP contribution < -0.4 is 38.9 Å². The van der Waals surface area contributed by atoms with E-state index in [4.69, 9.17) is 38.3 Å². The number of carbonyl (C=O) groups excluding carboxylic acids is 4. The van der Waals surface area contributed by atoms with Gasteiger partial charge in [-0.2, -0.15) is 0 Å². The standard InChI is InChI=1S/C18H32N8O9/c19-8(2-1-5-23-18(21)22)14(31)25-10(6-13(29)30)16(33)24-9(3-4-12(20)28)15(32)26-11(7-27)17(34)35/h8-11,27H,1-7,19H2,(H2,20,28)(H,24,33)(H,25,31)(H,26,32)(H,29,30)(H,34,35)(H4,21,22,23). The van der Waals surface area contributed by atoms with Gasteiger partial charge in [-0.05, 0) is 19.3 Å². The van der Waals surface area contributed by atoms with E-state index in [0.29, 0.717) is 6.42 Å². The van der Waals surface area contributed by atoms with Crippen molar-refractivity contribution < 1.29 is 44.1 Å². The maximum atomic E-state index is 12.7. The van der Waals surface area contributed by atoms with Crippen LogP contribution in [0, 0.1) is 0 Å². The van der Waals surface area contributed by atoms with Crippen molar-refractivity contribution in [3.05, 3.63) is 0 Å². The fourth-order valence-corrected chi connectivity index (χ4v) is 2.60. The summed E-state index contributed by atoms with van der Waals surface area (Å²) in [6, 6.07) is -6.05. The quantitative estimate of drug-likeness (QED) is 0.0504. The molecule has 0 aromatic heterocycles. The molecule has 0 radical (unpaired) electrons. The zero-order valence-electron chi connectivity index (χ0n) is 18.8. The largest absolute Gasteiger partial charge is 0.481 e. The monoisotopic (exact) mass is 504 g/mol. The van der Waals surface area contributed by atoms with Gasteiger partial charge in [-0.3, -0.25) is 29.0 Å². The Kier molecular flexibility index (Phi) is 14.0. The number of aliphatic carboxylic acids is 2. The molecule has 4 atom stereocenters. The summed E-state index contributed by atoms with van der Waals surface area (Å²) in [6.07, 6.45) is -1.23. The summed E-state index contributed by atoms with van der Waals surface area (Å²) in [5.74, 6) is -7.07. The molecule has 0 aromatic carbocycles. The van der Waals surface area contributed by atoms with E-state index in [9.17, 15) is 28.8 Å². The molecular weight excluding hydrogens is 472 g/mol. The molecule has 35 heavy (non-hydrogen) atoms. The molecule has 0 aliphatic carbocycles. The van der Waals surface area contributed by atoms with Crippen LogP contribution in [-0.2, 0) is 28.8 Å². The Morgan fingerprint density at radius 1 is 0.800 bits per heavy atom. The maximum Gasteiger partial charge on any atom is 0.328 e. The summed E-state index contributed by atoms with van der Waals surface area (Å²) in [5.41, 5.74) is 21.2. The number of hydrogen-bond acceptors (Lipinski definition) is 9. The molecule has 0 saturated heterocycles. The Hall–Kier alpha value is -3.99. The number of nitrogens with one attached hydrogen (secondary N) is 3. The van der Waals surface area contributed by atoms with Gasteiger partial charge in [0.25, 0.3) is 0 Å². The van der Waals surface area contributed by atoms with Crippen LogP contribution in [0.1, 0.15) is 32.1 Å². The topological polar surface area (TPSA) is 316 Å². The molecule has 0 heterocycles. The molecule has 0 bridgehead atoms. The Morgan fingerprint density at radius 2 is 1.34 bits per heavy atom. The zero-order valence-corrected chi connectivity index (χ0v) is 18.8. The molecule has 17 heteroatoms. The van der Waals surface area contributed by atoms with E-state index in [-0.39, 0.29) is 25.3 Å². The molecule has 0 aliphatic heterocycles. The van der Waals surface area contributed by atoms with Gasteiger partial charge in [0.05, 0.1) is 19.1 Å². The Morgan fingerprint density at radius 3 is 1.83 bits per heavy atom. The number of guanidine groups is 1. The molecule has 4 amide bonds. The first-order chi connectivity index (χ1) is 16.3. The van der Waals surface area contributed by atoms with Gasteiger partial charge in [-0.15, -0.1) is 0 Å². The predicted octanol–water partition coefficient (Wildman–Crippen LogP) is -5.36. The van der Waals surface area contributed by atoms with Crippen LogP contribution in [-0.4, -0.2) is 94.2 Å². The van der Waals surface area contributed by atoms with Crippen molar-refractivity contribution in [3.63, 3.8) is 0 Å². The minimum Gasteiger partial charge on any atom is -0.481 e. The number of carbonyl (C=O) groups is 6. The van der Waals surface area contributed by atoms with E-state index in [0.717, 1.165) is 0 Å². The van der Waals surface area contributed by atoms with Gasteiger partial charge >= 0.3 is 11.9 Å². The molecule has 0 rings (SSSR count). The number of aliphatic imine (C=N–C) groups is 1. The second kappa shape index (κ2) is 15.8. The minimum atomic E-state index is -1.71. The number of carboxylic acid groups (broad SMARTS) is 2. The number of amides is 4. The Labute approximate surface area is 199 Å². The highest BCUT2D eigenvalue weighted by molar-refractivity contribution is 5.95. The summed E-state index contributed by atoms with van der Waals surface area (Å²) >= 11 is 0. The zero-order chi connectivity index (χ0) is 27.1. The highest BCUT2D eigenvalue weighted by Gasteiger charge is 2.31. The minimum absolute atomic E-state index is 0.103. The number of nitrogens with two attached hydrogens (primary N) is 4. The number of carboxylic acids is 2. The molecular formula is C18H32N8O9. The van der Waals surface area contributed by atoms with Gasteiger partial charge < -0.3 is 54.2 Å². The fourth-order valence-electron chi connectivity index (χ4n) is 2.60. The molecule has 198 valence electrons. The first-order valence-electron chi connectivity index (χ1n) is 10.3. The number of primary amides is 1. The number of aliphatic hydroxyl groups excluding tert-OH is 1. The van der Waals surface area contributed by atoms with Crippen LogP contribution in [0.4, 0.5) is 0 Å². The van der Waals surface area contributed by atoms with Crippen molar-refractivity contribution in [3.8, 4) is 0 Å². The van der Waals surface area contributed by atoms with E-state index in [1.54, 1.807) is 0 Å². The van der Waals surface area contributed by atoms with E-state index in [1.807, 2.05) is 5.32 Å². The fraction of sp³-hybridized carbons (Fsp3) is 0.611. The lowest BCUT2D eigenvalue weighted by molar-refractivity contribution is -0.144. The van der Waals surface area contributed by atoms with Crippen molar-refractivity contribution in [1.82, 2.24) is 16.0 Å². The molecule has 4 unspecified atom stereocenters. The average molecular weight is 505 g/mol. The molecule has 0 fully saturated rings. The molecule has 0 aliphatic rings. The lowest BCUT2D eigenvalue weighted by Crippen LogP contribution is -2.58. The van der Waals surface area contributed by atoms with Crippen LogP contribution in [0.15, 0.2) is 4.99 Å². The maximum absolute atomic E-state index is 12.7. The van der Waals surface area contributed by atoms with E-state index >= 15 is 0 Å². The van der Waals surface area contributed by atoms with Gasteiger partial charge in [-0.1, -0.05) is 0 Å². The molecule has 0 saturated carbocycles. The summed E-state index contributed by atoms with van der Waals surface area (Å²) in [7, 11) is 0. The summed E-state index contributed by atoms with van der Waals surface area (Å²) in [6.45, 7) is -0.777. The van der Waals surface area contributed by atoms with Gasteiger partial charge in [0.2, 0.25) is 23.6 Å². The first kappa shape index (κ1) is 31.0. The molecule has 17 nitrogen and oxygen atoms in total.